The molecule has 13 heteroatoms. The van der Waals surface area contributed by atoms with Gasteiger partial charge in [-0.2, -0.15) is 0 Å². The van der Waals surface area contributed by atoms with E-state index in [4.69, 9.17) is 9.47 Å². The largest absolute Gasteiger partial charge is 0.573 e. The van der Waals surface area contributed by atoms with Crippen LogP contribution in [0.3, 0.4) is 0 Å². The molecule has 2 aromatic carbocycles. The first-order chi connectivity index (χ1) is 18.6. The van der Waals surface area contributed by atoms with Gasteiger partial charge in [0.2, 0.25) is 5.91 Å². The number of aromatic nitrogens is 2. The average molecular weight is 546 g/mol. The van der Waals surface area contributed by atoms with Gasteiger partial charge in [0.25, 0.3) is 0 Å². The zero-order valence-electron chi connectivity index (χ0n) is 21.4. The number of methoxy groups -OCH3 is 2. The van der Waals surface area contributed by atoms with Crippen LogP contribution >= 0.6 is 0 Å². The second kappa shape index (κ2) is 11.5. The summed E-state index contributed by atoms with van der Waals surface area (Å²) in [5.41, 5.74) is 1.27. The number of carbonyl (C=O) groups excluding carboxylic acids is 2. The molecule has 39 heavy (non-hydrogen) atoms. The van der Waals surface area contributed by atoms with Crippen LogP contribution in [0.1, 0.15) is 30.5 Å². The smallest absolute Gasteiger partial charge is 0.497 e. The van der Waals surface area contributed by atoms with Crippen LogP contribution in [0.15, 0.2) is 54.9 Å². The first-order valence-electron chi connectivity index (χ1n) is 11.9. The number of urea groups is 1. The van der Waals surface area contributed by atoms with Crippen molar-refractivity contribution < 1.29 is 37.0 Å². The minimum Gasteiger partial charge on any atom is -0.497 e. The molecule has 1 aliphatic heterocycles. The van der Waals surface area contributed by atoms with Crippen molar-refractivity contribution in [3.63, 3.8) is 0 Å². The summed E-state index contributed by atoms with van der Waals surface area (Å²) in [7, 11) is 3.05. The molecule has 4 rings (SSSR count). The van der Waals surface area contributed by atoms with Gasteiger partial charge in [0.05, 0.1) is 26.8 Å². The van der Waals surface area contributed by atoms with Crippen LogP contribution in [0.2, 0.25) is 0 Å². The Labute approximate surface area is 222 Å². The van der Waals surface area contributed by atoms with Gasteiger partial charge < -0.3 is 19.5 Å². The van der Waals surface area contributed by atoms with Crippen molar-refractivity contribution in [2.75, 3.05) is 30.6 Å². The highest BCUT2D eigenvalue weighted by atomic mass is 19.4. The number of amides is 3. The Hall–Kier alpha value is -4.55. The van der Waals surface area contributed by atoms with E-state index in [0.29, 0.717) is 29.0 Å². The number of ether oxygens (including phenoxy) is 3. The topological polar surface area (TPSA) is 106 Å². The normalized spacial score (nSPS) is 13.9. The molecular formula is C26H26F3N5O5. The molecule has 0 bridgehead atoms. The minimum absolute atomic E-state index is 0.122. The zero-order valence-corrected chi connectivity index (χ0v) is 21.4. The number of carbonyl (C=O) groups is 2. The van der Waals surface area contributed by atoms with Gasteiger partial charge in [-0.3, -0.25) is 14.6 Å². The zero-order chi connectivity index (χ0) is 28.2. The van der Waals surface area contributed by atoms with Crippen LogP contribution in [-0.2, 0) is 11.3 Å². The quantitative estimate of drug-likeness (QED) is 0.441. The van der Waals surface area contributed by atoms with Crippen LogP contribution in [0.25, 0.3) is 0 Å². The van der Waals surface area contributed by atoms with Crippen molar-refractivity contribution in [3.05, 3.63) is 66.0 Å². The molecular weight excluding hydrogens is 519 g/mol. The number of anilines is 2. The Morgan fingerprint density at radius 1 is 1.03 bits per heavy atom. The summed E-state index contributed by atoms with van der Waals surface area (Å²) >= 11 is 0. The number of alkyl halides is 3. The number of halogens is 3. The molecule has 0 fully saturated rings. The van der Waals surface area contributed by atoms with Crippen LogP contribution in [0.4, 0.5) is 29.6 Å². The maximum absolute atomic E-state index is 13.3. The van der Waals surface area contributed by atoms with E-state index in [1.807, 2.05) is 6.92 Å². The van der Waals surface area contributed by atoms with Crippen molar-refractivity contribution in [3.8, 4) is 17.2 Å². The van der Waals surface area contributed by atoms with Crippen molar-refractivity contribution in [1.82, 2.24) is 15.3 Å². The van der Waals surface area contributed by atoms with E-state index in [0.717, 1.165) is 0 Å². The molecule has 1 N–H and O–H groups in total. The Morgan fingerprint density at radius 3 is 2.31 bits per heavy atom. The monoisotopic (exact) mass is 545 g/mol. The fraction of sp³-hybridized carbons (Fsp3) is 0.308. The molecule has 2 heterocycles. The van der Waals surface area contributed by atoms with Crippen molar-refractivity contribution in [1.29, 1.82) is 0 Å². The first-order valence-corrected chi connectivity index (χ1v) is 11.9. The molecule has 1 unspecified atom stereocenters. The number of rotatable bonds is 8. The molecule has 0 aliphatic carbocycles. The fourth-order valence-electron chi connectivity index (χ4n) is 4.15. The van der Waals surface area contributed by atoms with Gasteiger partial charge >= 0.3 is 12.4 Å². The third kappa shape index (κ3) is 6.30. The van der Waals surface area contributed by atoms with Gasteiger partial charge in [-0.25, -0.2) is 14.8 Å². The molecule has 0 radical (unpaired) electrons. The molecule has 0 saturated heterocycles. The lowest BCUT2D eigenvalue weighted by Gasteiger charge is -2.35. The van der Waals surface area contributed by atoms with E-state index < -0.39 is 24.3 Å². The standard InChI is InChI=1S/C26H26F3N5O5/c1-4-20(16-5-8-18(9-6-16)39-26(27,28)29)32-25(36)34-15-22(35)33(23-24(34)31-12-11-30-23)14-17-7-10-19(37-2)13-21(17)38-3/h5-13,20H,4,14-15H2,1-3H3,(H,32,36). The molecule has 1 aliphatic rings. The third-order valence-corrected chi connectivity index (χ3v) is 6.06. The Morgan fingerprint density at radius 2 is 1.69 bits per heavy atom. The van der Waals surface area contributed by atoms with Crippen molar-refractivity contribution in [2.45, 2.75) is 32.3 Å². The number of nitrogens with zero attached hydrogens (tertiary/aromatic N) is 4. The predicted molar refractivity (Wildman–Crippen MR) is 135 cm³/mol. The molecule has 3 aromatic rings. The van der Waals surface area contributed by atoms with Crippen molar-refractivity contribution in [2.24, 2.45) is 0 Å². The van der Waals surface area contributed by atoms with Gasteiger partial charge in [-0.1, -0.05) is 19.1 Å². The highest BCUT2D eigenvalue weighted by Crippen LogP contribution is 2.33. The summed E-state index contributed by atoms with van der Waals surface area (Å²) in [6, 6.07) is 9.30. The summed E-state index contributed by atoms with van der Waals surface area (Å²) < 4.78 is 52.0. The number of nitrogens with one attached hydrogen (secondary N) is 1. The number of benzene rings is 2. The first kappa shape index (κ1) is 27.5. The molecule has 0 saturated carbocycles. The molecule has 10 nitrogen and oxygen atoms in total. The Kier molecular flexibility index (Phi) is 8.07. The molecule has 1 aromatic heterocycles. The lowest BCUT2D eigenvalue weighted by molar-refractivity contribution is -0.274. The lowest BCUT2D eigenvalue weighted by Crippen LogP contribution is -2.52. The average Bonchev–Trinajstić information content (AvgIpc) is 2.92. The number of fused-ring (bicyclic) bond motifs is 1. The Balaban J connectivity index is 1.54. The summed E-state index contributed by atoms with van der Waals surface area (Å²) in [5, 5.41) is 2.83. The Bertz CT molecular complexity index is 1340. The third-order valence-electron chi connectivity index (χ3n) is 6.06. The van der Waals surface area contributed by atoms with Crippen LogP contribution in [0.5, 0.6) is 17.2 Å². The molecule has 1 atom stereocenters. The number of hydrogen-bond donors (Lipinski definition) is 1. The SMILES string of the molecule is CCC(NC(=O)N1CC(=O)N(Cc2ccc(OC)cc2OC)c2nccnc21)c1ccc(OC(F)(F)F)cc1. The minimum atomic E-state index is -4.80. The van der Waals surface area contributed by atoms with Gasteiger partial charge in [0, 0.05) is 24.0 Å². The lowest BCUT2D eigenvalue weighted by atomic mass is 10.0. The van der Waals surface area contributed by atoms with Gasteiger partial charge in [-0.15, -0.1) is 13.2 Å². The second-order valence-electron chi connectivity index (χ2n) is 8.47. The van der Waals surface area contributed by atoms with Crippen molar-refractivity contribution >= 4 is 23.6 Å². The summed E-state index contributed by atoms with van der Waals surface area (Å²) in [6.07, 6.45) is -1.53. The van der Waals surface area contributed by atoms with Crippen LogP contribution in [-0.4, -0.2) is 49.0 Å². The van der Waals surface area contributed by atoms with Crippen LogP contribution in [0, 0.1) is 0 Å². The van der Waals surface area contributed by atoms with E-state index in [1.54, 1.807) is 18.2 Å². The van der Waals surface area contributed by atoms with E-state index in [2.05, 4.69) is 20.0 Å². The van der Waals surface area contributed by atoms with E-state index >= 15 is 0 Å². The fourth-order valence-corrected chi connectivity index (χ4v) is 4.15. The van der Waals surface area contributed by atoms with Gasteiger partial charge in [-0.05, 0) is 36.2 Å². The van der Waals surface area contributed by atoms with Gasteiger partial charge in [0.1, 0.15) is 23.8 Å². The van der Waals surface area contributed by atoms with Gasteiger partial charge in [0.15, 0.2) is 11.6 Å². The van der Waals surface area contributed by atoms with E-state index in [1.165, 1.54) is 60.7 Å². The summed E-state index contributed by atoms with van der Waals surface area (Å²) in [6.45, 7) is 1.63. The van der Waals surface area contributed by atoms with E-state index in [9.17, 15) is 22.8 Å². The summed E-state index contributed by atoms with van der Waals surface area (Å²) in [4.78, 5) is 37.8. The summed E-state index contributed by atoms with van der Waals surface area (Å²) in [5.74, 6) is 0.737. The molecule has 206 valence electrons. The number of hydrogen-bond acceptors (Lipinski definition) is 7. The molecule has 3 amide bonds. The highest BCUT2D eigenvalue weighted by molar-refractivity contribution is 6.08. The van der Waals surface area contributed by atoms with E-state index in [-0.39, 0.29) is 30.5 Å². The maximum Gasteiger partial charge on any atom is 0.573 e. The second-order valence-corrected chi connectivity index (χ2v) is 8.47. The van der Waals surface area contributed by atoms with Crippen LogP contribution < -0.4 is 29.3 Å². The highest BCUT2D eigenvalue weighted by Gasteiger charge is 2.36. The predicted octanol–water partition coefficient (Wildman–Crippen LogP) is 4.61. The molecule has 0 spiro atoms. The maximum atomic E-state index is 13.3.